The number of benzene rings is 2. The van der Waals surface area contributed by atoms with E-state index in [9.17, 15) is 5.11 Å². The molecule has 0 bridgehead atoms. The molecule has 36 heavy (non-hydrogen) atoms. The Balaban J connectivity index is 1.74. The summed E-state index contributed by atoms with van der Waals surface area (Å²) in [6, 6.07) is 7.51. The first kappa shape index (κ1) is 24.1. The lowest BCUT2D eigenvalue weighted by atomic mass is 10.0. The van der Waals surface area contributed by atoms with Gasteiger partial charge >= 0.3 is 0 Å². The van der Waals surface area contributed by atoms with E-state index in [-0.39, 0.29) is 12.4 Å². The highest BCUT2D eigenvalue weighted by atomic mass is 19.1. The van der Waals surface area contributed by atoms with Crippen molar-refractivity contribution in [2.75, 3.05) is 25.1 Å². The summed E-state index contributed by atoms with van der Waals surface area (Å²) in [6.45, 7) is 6.29. The topological polar surface area (TPSA) is 79.5 Å². The van der Waals surface area contributed by atoms with Crippen molar-refractivity contribution >= 4 is 22.4 Å². The molecular formula is C27H31FN6O2. The Morgan fingerprint density at radius 3 is 2.67 bits per heavy atom. The summed E-state index contributed by atoms with van der Waals surface area (Å²) < 4.78 is 22.6. The minimum absolute atomic E-state index is 0.114. The van der Waals surface area contributed by atoms with Crippen LogP contribution in [0.15, 0.2) is 42.9 Å². The van der Waals surface area contributed by atoms with Crippen LogP contribution in [-0.4, -0.2) is 56.0 Å². The monoisotopic (exact) mass is 490 g/mol. The standard InChI is InChI=1S/C27H31FN6O2/c1-17(2)33-8-5-9-34(24-10-18(16-35)11-25(36-4)26(24)28)23-7-6-21-27(20(23)15-33)31-22(13-29-21)19-12-30-32(3)14-19/h6-7,10-14,17,35H,5,8-9,15-16H2,1-4H3. The molecule has 0 spiro atoms. The minimum atomic E-state index is -0.447. The molecule has 0 radical (unpaired) electrons. The SMILES string of the molecule is COc1cc(CO)cc(N2CCCN(C(C)C)Cc3c2ccc2ncc(-c4cnn(C)c4)nc32)c1F. The normalized spacial score (nSPS) is 14.7. The zero-order chi connectivity index (χ0) is 25.4. The smallest absolute Gasteiger partial charge is 0.188 e. The largest absolute Gasteiger partial charge is 0.494 e. The Kier molecular flexibility index (Phi) is 6.59. The number of aliphatic hydroxyl groups excluding tert-OH is 1. The quantitative estimate of drug-likeness (QED) is 0.444. The number of aromatic nitrogens is 4. The molecule has 0 amide bonds. The number of nitrogens with zero attached hydrogens (tertiary/aromatic N) is 6. The van der Waals surface area contributed by atoms with Crippen LogP contribution in [0.5, 0.6) is 5.75 Å². The van der Waals surface area contributed by atoms with E-state index in [0.717, 1.165) is 46.5 Å². The van der Waals surface area contributed by atoms with Gasteiger partial charge in [-0.2, -0.15) is 5.10 Å². The van der Waals surface area contributed by atoms with E-state index < -0.39 is 5.82 Å². The van der Waals surface area contributed by atoms with Crippen LogP contribution < -0.4 is 9.64 Å². The predicted molar refractivity (Wildman–Crippen MR) is 138 cm³/mol. The van der Waals surface area contributed by atoms with Crippen molar-refractivity contribution in [2.45, 2.75) is 39.5 Å². The number of methoxy groups -OCH3 is 1. The van der Waals surface area contributed by atoms with E-state index in [1.807, 2.05) is 30.3 Å². The molecule has 2 aromatic carbocycles. The lowest BCUT2D eigenvalue weighted by Gasteiger charge is -2.35. The van der Waals surface area contributed by atoms with Gasteiger partial charge in [0.1, 0.15) is 0 Å². The van der Waals surface area contributed by atoms with Crippen molar-refractivity contribution in [3.63, 3.8) is 0 Å². The van der Waals surface area contributed by atoms with Gasteiger partial charge in [-0.15, -0.1) is 0 Å². The Bertz CT molecular complexity index is 1400. The molecule has 2 aromatic heterocycles. The van der Waals surface area contributed by atoms with Crippen LogP contribution in [0.1, 0.15) is 31.4 Å². The summed E-state index contributed by atoms with van der Waals surface area (Å²) in [7, 11) is 3.31. The zero-order valence-electron chi connectivity index (χ0n) is 21.1. The number of hydrogen-bond donors (Lipinski definition) is 1. The number of anilines is 2. The van der Waals surface area contributed by atoms with Gasteiger partial charge in [0.25, 0.3) is 0 Å². The van der Waals surface area contributed by atoms with Crippen molar-refractivity contribution in [2.24, 2.45) is 7.05 Å². The average Bonchev–Trinajstić information content (AvgIpc) is 3.30. The highest BCUT2D eigenvalue weighted by molar-refractivity contribution is 5.87. The fourth-order valence-corrected chi connectivity index (χ4v) is 4.82. The maximum Gasteiger partial charge on any atom is 0.188 e. The summed E-state index contributed by atoms with van der Waals surface area (Å²) >= 11 is 0. The average molecular weight is 491 g/mol. The van der Waals surface area contributed by atoms with E-state index in [2.05, 4.69) is 23.8 Å². The number of aliphatic hydroxyl groups is 1. The van der Waals surface area contributed by atoms with Crippen molar-refractivity contribution in [3.8, 4) is 17.0 Å². The first-order chi connectivity index (χ1) is 17.4. The van der Waals surface area contributed by atoms with Gasteiger partial charge in [0.2, 0.25) is 0 Å². The van der Waals surface area contributed by atoms with Crippen molar-refractivity contribution in [3.05, 3.63) is 59.8 Å². The molecule has 5 rings (SSSR count). The number of halogens is 1. The first-order valence-electron chi connectivity index (χ1n) is 12.2. The minimum Gasteiger partial charge on any atom is -0.494 e. The van der Waals surface area contributed by atoms with Gasteiger partial charge in [0.05, 0.1) is 48.5 Å². The Labute approximate surface area is 210 Å². The molecule has 1 N–H and O–H groups in total. The van der Waals surface area contributed by atoms with E-state index in [1.165, 1.54) is 13.2 Å². The molecule has 0 saturated carbocycles. The molecular weight excluding hydrogens is 459 g/mol. The second kappa shape index (κ2) is 9.83. The summed E-state index contributed by atoms with van der Waals surface area (Å²) in [5.41, 5.74) is 6.05. The predicted octanol–water partition coefficient (Wildman–Crippen LogP) is 4.42. The molecule has 0 saturated heterocycles. The molecule has 0 fully saturated rings. The van der Waals surface area contributed by atoms with E-state index in [4.69, 9.17) is 14.7 Å². The molecule has 1 aliphatic heterocycles. The van der Waals surface area contributed by atoms with Crippen LogP contribution in [0.2, 0.25) is 0 Å². The molecule has 9 heteroatoms. The molecule has 8 nitrogen and oxygen atoms in total. The molecule has 1 aliphatic rings. The van der Waals surface area contributed by atoms with Crippen LogP contribution in [0.3, 0.4) is 0 Å². The van der Waals surface area contributed by atoms with Gasteiger partial charge in [0, 0.05) is 55.7 Å². The summed E-state index contributed by atoms with van der Waals surface area (Å²) in [6.07, 6.45) is 6.30. The number of fused-ring (bicyclic) bond motifs is 3. The summed E-state index contributed by atoms with van der Waals surface area (Å²) in [5.74, 6) is -0.333. The second-order valence-corrected chi connectivity index (χ2v) is 9.45. The maximum atomic E-state index is 15.6. The Morgan fingerprint density at radius 2 is 1.97 bits per heavy atom. The van der Waals surface area contributed by atoms with Gasteiger partial charge in [-0.1, -0.05) is 0 Å². The van der Waals surface area contributed by atoms with Gasteiger partial charge in [-0.25, -0.2) is 9.37 Å². The molecule has 0 unspecified atom stereocenters. The van der Waals surface area contributed by atoms with Crippen LogP contribution in [0.4, 0.5) is 15.8 Å². The number of rotatable bonds is 5. The van der Waals surface area contributed by atoms with Gasteiger partial charge in [-0.05, 0) is 50.1 Å². The Hall–Kier alpha value is -3.56. The summed E-state index contributed by atoms with van der Waals surface area (Å²) in [5, 5.41) is 14.1. The third-order valence-corrected chi connectivity index (χ3v) is 6.78. The van der Waals surface area contributed by atoms with Crippen LogP contribution in [0.25, 0.3) is 22.3 Å². The zero-order valence-corrected chi connectivity index (χ0v) is 21.1. The van der Waals surface area contributed by atoms with Crippen LogP contribution >= 0.6 is 0 Å². The fourth-order valence-electron chi connectivity index (χ4n) is 4.82. The Morgan fingerprint density at radius 1 is 1.14 bits per heavy atom. The lowest BCUT2D eigenvalue weighted by molar-refractivity contribution is 0.210. The molecule has 3 heterocycles. The highest BCUT2D eigenvalue weighted by Crippen LogP contribution is 2.39. The summed E-state index contributed by atoms with van der Waals surface area (Å²) in [4.78, 5) is 14.1. The molecule has 188 valence electrons. The molecule has 4 aromatic rings. The van der Waals surface area contributed by atoms with Crippen LogP contribution in [-0.2, 0) is 20.2 Å². The number of hydrogen-bond acceptors (Lipinski definition) is 7. The molecule has 0 aliphatic carbocycles. The van der Waals surface area contributed by atoms with E-state index >= 15 is 4.39 Å². The third kappa shape index (κ3) is 4.40. The highest BCUT2D eigenvalue weighted by Gasteiger charge is 2.26. The number of aryl methyl sites for hydroxylation is 1. The second-order valence-electron chi connectivity index (χ2n) is 9.45. The lowest BCUT2D eigenvalue weighted by Crippen LogP contribution is -2.36. The molecule has 0 atom stereocenters. The van der Waals surface area contributed by atoms with Gasteiger partial charge < -0.3 is 14.7 Å². The van der Waals surface area contributed by atoms with Crippen molar-refractivity contribution < 1.29 is 14.2 Å². The van der Waals surface area contributed by atoms with Gasteiger partial charge in [-0.3, -0.25) is 14.6 Å². The van der Waals surface area contributed by atoms with Crippen molar-refractivity contribution in [1.82, 2.24) is 24.6 Å². The van der Waals surface area contributed by atoms with E-state index in [1.54, 1.807) is 23.1 Å². The fraction of sp³-hybridized carbons (Fsp3) is 0.370. The maximum absolute atomic E-state index is 15.6. The first-order valence-corrected chi connectivity index (χ1v) is 12.2. The van der Waals surface area contributed by atoms with E-state index in [0.29, 0.717) is 30.4 Å². The van der Waals surface area contributed by atoms with Crippen molar-refractivity contribution in [1.29, 1.82) is 0 Å². The van der Waals surface area contributed by atoms with Gasteiger partial charge in [0.15, 0.2) is 11.6 Å². The number of ether oxygens (including phenoxy) is 1. The third-order valence-electron chi connectivity index (χ3n) is 6.78. The van der Waals surface area contributed by atoms with Crippen LogP contribution in [0, 0.1) is 5.82 Å².